The normalized spacial score (nSPS) is 16.0. The summed E-state index contributed by atoms with van der Waals surface area (Å²) in [5.41, 5.74) is 4.13. The number of aromatic nitrogens is 1. The second kappa shape index (κ2) is 10.3. The number of anilines is 2. The van der Waals surface area contributed by atoms with Crippen LogP contribution in [0.4, 0.5) is 16.1 Å². The summed E-state index contributed by atoms with van der Waals surface area (Å²) in [7, 11) is -2.09. The molecule has 0 amide bonds. The average molecular weight is 576 g/mol. The minimum Gasteiger partial charge on any atom is -0.455 e. The SMILES string of the molecule is CCC(=O)c1c(-c2ccc(F)cc2)oc2cc(N(C)S(C)(=O)=O)c([C@@H]3CCCN(c4nc5ccccc5o4)C3)cc12. The molecule has 8 nitrogen and oxygen atoms in total. The zero-order chi connectivity index (χ0) is 28.9. The largest absolute Gasteiger partial charge is 0.455 e. The Morgan fingerprint density at radius 1 is 1.10 bits per heavy atom. The molecule has 0 unspecified atom stereocenters. The lowest BCUT2D eigenvalue weighted by Crippen LogP contribution is -2.35. The number of hydrogen-bond acceptors (Lipinski definition) is 7. The molecule has 0 radical (unpaired) electrons. The maximum Gasteiger partial charge on any atom is 0.298 e. The predicted molar refractivity (Wildman–Crippen MR) is 158 cm³/mol. The molecule has 3 aromatic carbocycles. The van der Waals surface area contributed by atoms with Gasteiger partial charge >= 0.3 is 0 Å². The van der Waals surface area contributed by atoms with Gasteiger partial charge < -0.3 is 13.7 Å². The first-order valence-electron chi connectivity index (χ1n) is 13.6. The Labute approximate surface area is 237 Å². The fourth-order valence-corrected chi connectivity index (χ4v) is 6.10. The van der Waals surface area contributed by atoms with E-state index in [0.29, 0.717) is 51.7 Å². The Kier molecular flexibility index (Phi) is 6.81. The van der Waals surface area contributed by atoms with Crippen LogP contribution in [0.15, 0.2) is 69.5 Å². The quantitative estimate of drug-likeness (QED) is 0.198. The molecule has 10 heteroatoms. The van der Waals surface area contributed by atoms with Gasteiger partial charge in [-0.2, -0.15) is 4.98 Å². The number of hydrogen-bond donors (Lipinski definition) is 0. The highest BCUT2D eigenvalue weighted by Gasteiger charge is 2.31. The molecule has 0 saturated carbocycles. The van der Waals surface area contributed by atoms with E-state index in [1.807, 2.05) is 30.3 Å². The van der Waals surface area contributed by atoms with Crippen LogP contribution in [-0.4, -0.2) is 45.6 Å². The van der Waals surface area contributed by atoms with E-state index < -0.39 is 15.8 Å². The van der Waals surface area contributed by atoms with Crippen LogP contribution in [-0.2, 0) is 10.0 Å². The topological polar surface area (TPSA) is 96.9 Å². The highest BCUT2D eigenvalue weighted by molar-refractivity contribution is 7.92. The molecule has 0 spiro atoms. The van der Waals surface area contributed by atoms with E-state index in [9.17, 15) is 17.6 Å². The number of halogens is 1. The van der Waals surface area contributed by atoms with Crippen molar-refractivity contribution in [2.45, 2.75) is 32.1 Å². The van der Waals surface area contributed by atoms with Gasteiger partial charge in [0, 0.05) is 49.5 Å². The van der Waals surface area contributed by atoms with E-state index >= 15 is 0 Å². The van der Waals surface area contributed by atoms with Crippen molar-refractivity contribution in [1.29, 1.82) is 0 Å². The summed E-state index contributed by atoms with van der Waals surface area (Å²) in [6.45, 7) is 3.09. The van der Waals surface area contributed by atoms with Crippen LogP contribution in [0.5, 0.6) is 0 Å². The summed E-state index contributed by atoms with van der Waals surface area (Å²) < 4.78 is 52.7. The molecule has 41 heavy (non-hydrogen) atoms. The number of Topliss-reactive ketones (excluding diaryl/α,β-unsaturated/α-hetero) is 1. The summed E-state index contributed by atoms with van der Waals surface area (Å²) in [5, 5.41) is 0.607. The Hall–Kier alpha value is -4.18. The third-order valence-electron chi connectivity index (χ3n) is 7.79. The number of piperidine rings is 1. The Balaban J connectivity index is 1.50. The number of oxazole rings is 1. The van der Waals surface area contributed by atoms with Crippen molar-refractivity contribution < 1.29 is 26.4 Å². The van der Waals surface area contributed by atoms with Gasteiger partial charge in [-0.3, -0.25) is 9.10 Å². The first kappa shape index (κ1) is 27.0. The smallest absolute Gasteiger partial charge is 0.298 e. The van der Waals surface area contributed by atoms with Crippen LogP contribution >= 0.6 is 0 Å². The van der Waals surface area contributed by atoms with E-state index in [4.69, 9.17) is 8.83 Å². The molecule has 1 aliphatic heterocycles. The molecule has 0 N–H and O–H groups in total. The van der Waals surface area contributed by atoms with E-state index in [0.717, 1.165) is 36.7 Å². The molecule has 1 atom stereocenters. The minimum absolute atomic E-state index is 0.0730. The number of ketones is 1. The number of carbonyl (C=O) groups is 1. The number of nitrogens with zero attached hydrogens (tertiary/aromatic N) is 3. The van der Waals surface area contributed by atoms with Crippen LogP contribution in [0, 0.1) is 5.82 Å². The van der Waals surface area contributed by atoms with Gasteiger partial charge in [-0.05, 0) is 60.9 Å². The highest BCUT2D eigenvalue weighted by atomic mass is 32.2. The fraction of sp³-hybridized carbons (Fsp3) is 0.290. The fourth-order valence-electron chi connectivity index (χ4n) is 5.59. The number of benzene rings is 3. The van der Waals surface area contributed by atoms with Gasteiger partial charge in [-0.25, -0.2) is 12.8 Å². The van der Waals surface area contributed by atoms with Gasteiger partial charge in [-0.1, -0.05) is 19.1 Å². The lowest BCUT2D eigenvalue weighted by atomic mass is 9.88. The van der Waals surface area contributed by atoms with Crippen molar-refractivity contribution in [3.63, 3.8) is 0 Å². The molecular formula is C31H30FN3O5S. The monoisotopic (exact) mass is 575 g/mol. The van der Waals surface area contributed by atoms with E-state index in [1.54, 1.807) is 25.1 Å². The lowest BCUT2D eigenvalue weighted by molar-refractivity contribution is 0.0989. The van der Waals surface area contributed by atoms with Crippen LogP contribution in [0.25, 0.3) is 33.4 Å². The Bertz CT molecular complexity index is 1840. The number of sulfonamides is 1. The number of para-hydroxylation sites is 2. The van der Waals surface area contributed by atoms with Gasteiger partial charge in [0.15, 0.2) is 11.4 Å². The molecular weight excluding hydrogens is 545 g/mol. The summed E-state index contributed by atoms with van der Waals surface area (Å²) in [4.78, 5) is 20.0. The van der Waals surface area contributed by atoms with Crippen molar-refractivity contribution in [2.24, 2.45) is 0 Å². The first-order valence-corrected chi connectivity index (χ1v) is 15.4. The molecule has 5 aromatic rings. The second-order valence-corrected chi connectivity index (χ2v) is 12.5. The second-order valence-electron chi connectivity index (χ2n) is 10.5. The molecule has 2 aromatic heterocycles. The molecule has 6 rings (SSSR count). The van der Waals surface area contributed by atoms with Gasteiger partial charge in [0.25, 0.3) is 6.01 Å². The predicted octanol–water partition coefficient (Wildman–Crippen LogP) is 6.75. The van der Waals surface area contributed by atoms with Crippen molar-refractivity contribution in [3.8, 4) is 11.3 Å². The Morgan fingerprint density at radius 2 is 1.85 bits per heavy atom. The maximum atomic E-state index is 13.7. The molecule has 1 fully saturated rings. The zero-order valence-electron chi connectivity index (χ0n) is 23.1. The molecule has 0 bridgehead atoms. The van der Waals surface area contributed by atoms with E-state index in [2.05, 4.69) is 9.88 Å². The number of rotatable bonds is 7. The summed E-state index contributed by atoms with van der Waals surface area (Å²) in [6, 6.07) is 17.5. The summed E-state index contributed by atoms with van der Waals surface area (Å²) >= 11 is 0. The minimum atomic E-state index is -3.61. The van der Waals surface area contributed by atoms with Crippen molar-refractivity contribution in [1.82, 2.24) is 4.98 Å². The lowest BCUT2D eigenvalue weighted by Gasteiger charge is -2.34. The third kappa shape index (κ3) is 4.97. The maximum absolute atomic E-state index is 13.7. The van der Waals surface area contributed by atoms with Crippen molar-refractivity contribution >= 4 is 49.6 Å². The number of fused-ring (bicyclic) bond motifs is 2. The summed E-state index contributed by atoms with van der Waals surface area (Å²) in [6.07, 6.45) is 3.06. The standard InChI is InChI=1S/C31H30FN3O5S/c1-4-26(36)29-23-16-22(20-8-7-15-35(18-20)31-33-24-9-5-6-10-27(24)40-31)25(34(2)41(3,37)38)17-28(23)39-30(29)19-11-13-21(32)14-12-19/h5-6,9-14,16-17,20H,4,7-8,15,18H2,1-3H3/t20-/m1/s1. The number of furan rings is 1. The van der Waals surface area contributed by atoms with Gasteiger partial charge in [0.05, 0.1) is 17.5 Å². The molecule has 1 saturated heterocycles. The van der Waals surface area contributed by atoms with Crippen LogP contribution in [0.1, 0.15) is 48.0 Å². The average Bonchev–Trinajstić information content (AvgIpc) is 3.57. The Morgan fingerprint density at radius 3 is 2.56 bits per heavy atom. The van der Waals surface area contributed by atoms with E-state index in [1.165, 1.54) is 23.5 Å². The van der Waals surface area contributed by atoms with E-state index in [-0.39, 0.29) is 18.1 Å². The highest BCUT2D eigenvalue weighted by Crippen LogP contribution is 2.42. The first-order chi connectivity index (χ1) is 19.6. The summed E-state index contributed by atoms with van der Waals surface area (Å²) in [5.74, 6) is -0.242. The van der Waals surface area contributed by atoms with Gasteiger partial charge in [0.2, 0.25) is 10.0 Å². The molecule has 212 valence electrons. The van der Waals surface area contributed by atoms with Gasteiger partial charge in [-0.15, -0.1) is 0 Å². The van der Waals surface area contributed by atoms with Crippen molar-refractivity contribution in [2.75, 3.05) is 35.6 Å². The van der Waals surface area contributed by atoms with Gasteiger partial charge in [0.1, 0.15) is 22.7 Å². The van der Waals surface area contributed by atoms with Crippen LogP contribution in [0.3, 0.4) is 0 Å². The van der Waals surface area contributed by atoms with Crippen LogP contribution < -0.4 is 9.21 Å². The molecule has 1 aliphatic rings. The molecule has 3 heterocycles. The van der Waals surface area contributed by atoms with Crippen molar-refractivity contribution in [3.05, 3.63) is 77.6 Å². The number of carbonyl (C=O) groups excluding carboxylic acids is 1. The van der Waals surface area contributed by atoms with Crippen LogP contribution in [0.2, 0.25) is 0 Å². The third-order valence-corrected chi connectivity index (χ3v) is 8.99. The molecule has 0 aliphatic carbocycles. The zero-order valence-corrected chi connectivity index (χ0v) is 23.9.